The molecule has 0 spiro atoms. The van der Waals surface area contributed by atoms with Gasteiger partial charge in [0.1, 0.15) is 0 Å². The zero-order chi connectivity index (χ0) is 22.9. The molecule has 0 aliphatic carbocycles. The molecule has 0 amide bonds. The number of hydrogen-bond donors (Lipinski definition) is 1. The fourth-order valence-corrected chi connectivity index (χ4v) is 5.19. The second-order valence-corrected chi connectivity index (χ2v) is 9.16. The van der Waals surface area contributed by atoms with Gasteiger partial charge in [-0.15, -0.1) is 0 Å². The van der Waals surface area contributed by atoms with Crippen molar-refractivity contribution in [3.63, 3.8) is 0 Å². The standard InChI is InChI=1S/C28H33N3O2/c1-19-24-16-21(20-11-14-31(15-12-20)18-23-6-5-13-30(23)2)7-9-25(24)29-28(19)22-8-10-26(32-3)27(17-22)33-4/h5-10,13,16-17,20,29H,11-12,14-15,18H2,1-4H3. The zero-order valence-corrected chi connectivity index (χ0v) is 20.0. The maximum Gasteiger partial charge on any atom is 0.161 e. The zero-order valence-electron chi connectivity index (χ0n) is 20.0. The lowest BCUT2D eigenvalue weighted by Crippen LogP contribution is -2.33. The summed E-state index contributed by atoms with van der Waals surface area (Å²) in [5, 5.41) is 1.31. The third-order valence-corrected chi connectivity index (χ3v) is 7.25. The Labute approximate surface area is 195 Å². The van der Waals surface area contributed by atoms with E-state index in [1.807, 2.05) is 12.1 Å². The second-order valence-electron chi connectivity index (χ2n) is 9.16. The number of rotatable bonds is 6. The van der Waals surface area contributed by atoms with Gasteiger partial charge >= 0.3 is 0 Å². The smallest absolute Gasteiger partial charge is 0.161 e. The summed E-state index contributed by atoms with van der Waals surface area (Å²) in [5.74, 6) is 2.12. The first-order valence-electron chi connectivity index (χ1n) is 11.7. The van der Waals surface area contributed by atoms with Crippen LogP contribution in [0, 0.1) is 6.92 Å². The molecule has 5 nitrogen and oxygen atoms in total. The van der Waals surface area contributed by atoms with Crippen LogP contribution in [0.25, 0.3) is 22.2 Å². The lowest BCUT2D eigenvalue weighted by molar-refractivity contribution is 0.201. The van der Waals surface area contributed by atoms with Gasteiger partial charge in [-0.2, -0.15) is 0 Å². The number of aryl methyl sites for hydroxylation is 2. The van der Waals surface area contributed by atoms with Crippen molar-refractivity contribution in [1.82, 2.24) is 14.5 Å². The molecule has 0 atom stereocenters. The van der Waals surface area contributed by atoms with Crippen molar-refractivity contribution in [3.05, 3.63) is 71.5 Å². The van der Waals surface area contributed by atoms with E-state index in [1.165, 1.54) is 40.6 Å². The molecule has 172 valence electrons. The van der Waals surface area contributed by atoms with Gasteiger partial charge in [-0.1, -0.05) is 6.07 Å². The number of aromatic nitrogens is 2. The highest BCUT2D eigenvalue weighted by molar-refractivity contribution is 5.91. The number of nitrogens with one attached hydrogen (secondary N) is 1. The van der Waals surface area contributed by atoms with Gasteiger partial charge in [-0.05, 0) is 92.4 Å². The minimum atomic E-state index is 0.623. The summed E-state index contributed by atoms with van der Waals surface area (Å²) in [6.45, 7) is 5.55. The highest BCUT2D eigenvalue weighted by Gasteiger charge is 2.22. The Bertz CT molecular complexity index is 1260. The number of fused-ring (bicyclic) bond motifs is 1. The van der Waals surface area contributed by atoms with Crippen LogP contribution in [0.5, 0.6) is 11.5 Å². The normalized spacial score (nSPS) is 15.3. The number of nitrogens with zero attached hydrogens (tertiary/aromatic N) is 2. The molecule has 1 saturated heterocycles. The van der Waals surface area contributed by atoms with Crippen LogP contribution in [0.4, 0.5) is 0 Å². The van der Waals surface area contributed by atoms with Gasteiger partial charge in [0.15, 0.2) is 11.5 Å². The second kappa shape index (κ2) is 8.99. The van der Waals surface area contributed by atoms with E-state index in [0.29, 0.717) is 5.92 Å². The van der Waals surface area contributed by atoms with E-state index in [-0.39, 0.29) is 0 Å². The van der Waals surface area contributed by atoms with E-state index in [4.69, 9.17) is 9.47 Å². The van der Waals surface area contributed by atoms with Crippen LogP contribution in [-0.4, -0.2) is 41.8 Å². The molecule has 2 aromatic heterocycles. The predicted molar refractivity (Wildman–Crippen MR) is 134 cm³/mol. The highest BCUT2D eigenvalue weighted by Crippen LogP contribution is 2.37. The Balaban J connectivity index is 1.35. The van der Waals surface area contributed by atoms with Crippen LogP contribution in [0.15, 0.2) is 54.7 Å². The SMILES string of the molecule is COc1ccc(-c2[nH]c3ccc(C4CCN(Cc5cccn5C)CC4)cc3c2C)cc1OC. The van der Waals surface area contributed by atoms with Gasteiger partial charge in [0, 0.05) is 47.6 Å². The quantitative estimate of drug-likeness (QED) is 0.405. The fraction of sp³-hybridized carbons (Fsp3) is 0.357. The highest BCUT2D eigenvalue weighted by atomic mass is 16.5. The summed E-state index contributed by atoms with van der Waals surface area (Å²) in [6.07, 6.45) is 4.55. The third kappa shape index (κ3) is 4.13. The van der Waals surface area contributed by atoms with Crippen molar-refractivity contribution in [2.45, 2.75) is 32.2 Å². The molecule has 5 rings (SSSR count). The van der Waals surface area contributed by atoms with Crippen LogP contribution >= 0.6 is 0 Å². The summed E-state index contributed by atoms with van der Waals surface area (Å²) in [5.41, 5.74) is 7.56. The first-order chi connectivity index (χ1) is 16.1. The Hall–Kier alpha value is -3.18. The Morgan fingerprint density at radius 2 is 1.76 bits per heavy atom. The van der Waals surface area contributed by atoms with Crippen LogP contribution in [0.2, 0.25) is 0 Å². The molecule has 0 unspecified atom stereocenters. The molecule has 0 radical (unpaired) electrons. The van der Waals surface area contributed by atoms with Crippen molar-refractivity contribution in [2.24, 2.45) is 7.05 Å². The lowest BCUT2D eigenvalue weighted by atomic mass is 9.88. The van der Waals surface area contributed by atoms with Crippen molar-refractivity contribution >= 4 is 10.9 Å². The monoisotopic (exact) mass is 443 g/mol. The number of likely N-dealkylation sites (tertiary alicyclic amines) is 1. The number of ether oxygens (including phenoxy) is 2. The molecule has 1 fully saturated rings. The van der Waals surface area contributed by atoms with Crippen molar-refractivity contribution in [1.29, 1.82) is 0 Å². The first kappa shape index (κ1) is 21.7. The van der Waals surface area contributed by atoms with Gasteiger partial charge in [-0.25, -0.2) is 0 Å². The molecular weight excluding hydrogens is 410 g/mol. The molecular formula is C28H33N3O2. The Morgan fingerprint density at radius 1 is 0.970 bits per heavy atom. The van der Waals surface area contributed by atoms with Gasteiger partial charge in [0.05, 0.1) is 14.2 Å². The summed E-state index contributed by atoms with van der Waals surface area (Å²) in [6, 6.07) is 17.4. The Kier molecular flexibility index (Phi) is 5.90. The van der Waals surface area contributed by atoms with Crippen molar-refractivity contribution in [2.75, 3.05) is 27.3 Å². The molecule has 1 N–H and O–H groups in total. The number of methoxy groups -OCH3 is 2. The van der Waals surface area contributed by atoms with E-state index >= 15 is 0 Å². The Morgan fingerprint density at radius 3 is 2.45 bits per heavy atom. The van der Waals surface area contributed by atoms with Crippen molar-refractivity contribution < 1.29 is 9.47 Å². The number of piperidine rings is 1. The van der Waals surface area contributed by atoms with Gasteiger partial charge in [0.25, 0.3) is 0 Å². The van der Waals surface area contributed by atoms with E-state index in [2.05, 4.69) is 71.0 Å². The van der Waals surface area contributed by atoms with Crippen LogP contribution in [0.1, 0.15) is 35.6 Å². The molecule has 5 heteroatoms. The first-order valence-corrected chi connectivity index (χ1v) is 11.7. The average Bonchev–Trinajstić information content (AvgIpc) is 3.41. The summed E-state index contributed by atoms with van der Waals surface area (Å²) >= 11 is 0. The largest absolute Gasteiger partial charge is 0.493 e. The molecule has 0 saturated carbocycles. The van der Waals surface area contributed by atoms with E-state index < -0.39 is 0 Å². The number of H-pyrrole nitrogens is 1. The van der Waals surface area contributed by atoms with Gasteiger partial charge in [0.2, 0.25) is 0 Å². The maximum absolute atomic E-state index is 5.51. The maximum atomic E-state index is 5.51. The average molecular weight is 444 g/mol. The van der Waals surface area contributed by atoms with E-state index in [9.17, 15) is 0 Å². The predicted octanol–water partition coefficient (Wildman–Crippen LogP) is 5.88. The minimum Gasteiger partial charge on any atom is -0.493 e. The molecule has 3 heterocycles. The van der Waals surface area contributed by atoms with Gasteiger partial charge in [-0.3, -0.25) is 4.90 Å². The number of aromatic amines is 1. The summed E-state index contributed by atoms with van der Waals surface area (Å²) in [4.78, 5) is 6.21. The molecule has 2 aromatic carbocycles. The molecule has 1 aliphatic rings. The van der Waals surface area contributed by atoms with Crippen LogP contribution < -0.4 is 9.47 Å². The molecule has 1 aliphatic heterocycles. The summed E-state index contributed by atoms with van der Waals surface area (Å²) in [7, 11) is 5.48. The topological polar surface area (TPSA) is 42.4 Å². The number of hydrogen-bond acceptors (Lipinski definition) is 3. The third-order valence-electron chi connectivity index (χ3n) is 7.25. The van der Waals surface area contributed by atoms with Crippen molar-refractivity contribution in [3.8, 4) is 22.8 Å². The molecule has 33 heavy (non-hydrogen) atoms. The summed E-state index contributed by atoms with van der Waals surface area (Å²) < 4.78 is 13.1. The number of benzene rings is 2. The molecule has 0 bridgehead atoms. The lowest BCUT2D eigenvalue weighted by Gasteiger charge is -2.32. The van der Waals surface area contributed by atoms with Gasteiger partial charge < -0.3 is 19.0 Å². The minimum absolute atomic E-state index is 0.623. The van der Waals surface area contributed by atoms with E-state index in [1.54, 1.807) is 14.2 Å². The van der Waals surface area contributed by atoms with Crippen LogP contribution in [-0.2, 0) is 13.6 Å². The fourth-order valence-electron chi connectivity index (χ4n) is 5.19. The molecule has 4 aromatic rings. The van der Waals surface area contributed by atoms with Crippen LogP contribution in [0.3, 0.4) is 0 Å². The van der Waals surface area contributed by atoms with E-state index in [0.717, 1.165) is 42.4 Å².